The standard InChI is InChI=1S/C13H8F2N2O2/c14-7-5-9(15)11(16-6-7)13(19)8-3-1-2-4-10(8)17-12(13)18/h1-6,19H,(H,17,18). The molecule has 1 atom stereocenters. The smallest absolute Gasteiger partial charge is 0.267 e. The van der Waals surface area contributed by atoms with Gasteiger partial charge in [-0.25, -0.2) is 8.78 Å². The highest BCUT2D eigenvalue weighted by Gasteiger charge is 2.49. The number of anilines is 1. The fraction of sp³-hybridized carbons (Fsp3) is 0.0769. The van der Waals surface area contributed by atoms with E-state index < -0.39 is 28.8 Å². The second-order valence-electron chi connectivity index (χ2n) is 4.19. The number of hydrogen-bond acceptors (Lipinski definition) is 3. The number of aliphatic hydroxyl groups is 1. The van der Waals surface area contributed by atoms with E-state index in [9.17, 15) is 18.7 Å². The van der Waals surface area contributed by atoms with E-state index in [-0.39, 0.29) is 5.56 Å². The lowest BCUT2D eigenvalue weighted by Gasteiger charge is -2.20. The van der Waals surface area contributed by atoms with Gasteiger partial charge >= 0.3 is 0 Å². The Labute approximate surface area is 106 Å². The summed E-state index contributed by atoms with van der Waals surface area (Å²) in [6.07, 6.45) is 0.755. The molecule has 4 nitrogen and oxygen atoms in total. The molecule has 1 unspecified atom stereocenters. The summed E-state index contributed by atoms with van der Waals surface area (Å²) in [5.74, 6) is -2.77. The molecule has 0 spiro atoms. The van der Waals surface area contributed by atoms with E-state index in [2.05, 4.69) is 10.3 Å². The van der Waals surface area contributed by atoms with Crippen LogP contribution in [0.5, 0.6) is 0 Å². The first kappa shape index (κ1) is 11.7. The fourth-order valence-electron chi connectivity index (χ4n) is 2.16. The molecule has 19 heavy (non-hydrogen) atoms. The number of para-hydroxylation sites is 1. The number of rotatable bonds is 1. The maximum atomic E-state index is 13.8. The van der Waals surface area contributed by atoms with Crippen molar-refractivity contribution in [1.82, 2.24) is 4.98 Å². The van der Waals surface area contributed by atoms with Gasteiger partial charge in [-0.3, -0.25) is 9.78 Å². The highest BCUT2D eigenvalue weighted by molar-refractivity contribution is 6.06. The van der Waals surface area contributed by atoms with Gasteiger partial charge in [-0.05, 0) is 6.07 Å². The summed E-state index contributed by atoms with van der Waals surface area (Å²) >= 11 is 0. The lowest BCUT2D eigenvalue weighted by atomic mass is 9.91. The monoisotopic (exact) mass is 262 g/mol. The molecule has 96 valence electrons. The van der Waals surface area contributed by atoms with Gasteiger partial charge in [0.25, 0.3) is 5.91 Å². The molecule has 2 aromatic rings. The fourth-order valence-corrected chi connectivity index (χ4v) is 2.16. The molecule has 0 saturated carbocycles. The van der Waals surface area contributed by atoms with Gasteiger partial charge in [-0.1, -0.05) is 18.2 Å². The third-order valence-corrected chi connectivity index (χ3v) is 3.04. The van der Waals surface area contributed by atoms with Crippen LogP contribution in [0.4, 0.5) is 14.5 Å². The molecule has 0 radical (unpaired) electrons. The van der Waals surface area contributed by atoms with Crippen molar-refractivity contribution in [2.24, 2.45) is 0 Å². The van der Waals surface area contributed by atoms with Crippen molar-refractivity contribution in [3.63, 3.8) is 0 Å². The van der Waals surface area contributed by atoms with E-state index >= 15 is 0 Å². The molecule has 0 bridgehead atoms. The van der Waals surface area contributed by atoms with Crippen LogP contribution in [0.25, 0.3) is 0 Å². The summed E-state index contributed by atoms with van der Waals surface area (Å²) in [5.41, 5.74) is -2.19. The molecular formula is C13H8F2N2O2. The highest BCUT2D eigenvalue weighted by atomic mass is 19.1. The van der Waals surface area contributed by atoms with Crippen LogP contribution in [-0.4, -0.2) is 16.0 Å². The van der Waals surface area contributed by atoms with Crippen molar-refractivity contribution in [3.05, 3.63) is 59.4 Å². The van der Waals surface area contributed by atoms with Crippen LogP contribution < -0.4 is 5.32 Å². The number of carbonyl (C=O) groups is 1. The third-order valence-electron chi connectivity index (χ3n) is 3.04. The molecule has 6 heteroatoms. The maximum Gasteiger partial charge on any atom is 0.267 e. The van der Waals surface area contributed by atoms with Crippen LogP contribution in [0, 0.1) is 11.6 Å². The molecule has 1 aromatic heterocycles. The Morgan fingerprint density at radius 3 is 2.74 bits per heavy atom. The quantitative estimate of drug-likeness (QED) is 0.819. The Morgan fingerprint density at radius 2 is 2.00 bits per heavy atom. The van der Waals surface area contributed by atoms with Crippen LogP contribution >= 0.6 is 0 Å². The number of pyridine rings is 1. The second-order valence-corrected chi connectivity index (χ2v) is 4.19. The average Bonchev–Trinajstić information content (AvgIpc) is 2.63. The molecule has 0 saturated heterocycles. The number of fused-ring (bicyclic) bond motifs is 1. The van der Waals surface area contributed by atoms with E-state index in [4.69, 9.17) is 0 Å². The first-order chi connectivity index (χ1) is 9.03. The number of aromatic nitrogens is 1. The van der Waals surface area contributed by atoms with Crippen molar-refractivity contribution in [3.8, 4) is 0 Å². The predicted octanol–water partition coefficient (Wildman–Crippen LogP) is 1.55. The lowest BCUT2D eigenvalue weighted by Crippen LogP contribution is -2.37. The molecular weight excluding hydrogens is 254 g/mol. The summed E-state index contributed by atoms with van der Waals surface area (Å²) < 4.78 is 26.6. The van der Waals surface area contributed by atoms with E-state index in [0.29, 0.717) is 11.8 Å². The largest absolute Gasteiger partial charge is 0.370 e. The second kappa shape index (κ2) is 3.83. The molecule has 1 aliphatic heterocycles. The average molecular weight is 262 g/mol. The first-order valence-electron chi connectivity index (χ1n) is 5.48. The van der Waals surface area contributed by atoms with Crippen molar-refractivity contribution in [2.45, 2.75) is 5.60 Å². The number of halogens is 2. The maximum absolute atomic E-state index is 13.8. The third kappa shape index (κ3) is 1.53. The lowest BCUT2D eigenvalue weighted by molar-refractivity contribution is -0.130. The van der Waals surface area contributed by atoms with Gasteiger partial charge in [0.2, 0.25) is 5.60 Å². The zero-order valence-electron chi connectivity index (χ0n) is 9.52. The predicted molar refractivity (Wildman–Crippen MR) is 62.2 cm³/mol. The van der Waals surface area contributed by atoms with Gasteiger partial charge in [0.1, 0.15) is 11.5 Å². The molecule has 0 fully saturated rings. The normalized spacial score (nSPS) is 21.1. The van der Waals surface area contributed by atoms with E-state index in [1.165, 1.54) is 6.07 Å². The van der Waals surface area contributed by atoms with Crippen LogP contribution in [0.15, 0.2) is 36.5 Å². The Bertz CT molecular complexity index is 690. The van der Waals surface area contributed by atoms with Gasteiger partial charge in [0, 0.05) is 17.3 Å². The molecule has 2 N–H and O–H groups in total. The molecule has 3 rings (SSSR count). The zero-order valence-corrected chi connectivity index (χ0v) is 9.52. The van der Waals surface area contributed by atoms with E-state index in [1.807, 2.05) is 0 Å². The van der Waals surface area contributed by atoms with Crippen molar-refractivity contribution < 1.29 is 18.7 Å². The van der Waals surface area contributed by atoms with E-state index in [1.54, 1.807) is 18.2 Å². The van der Waals surface area contributed by atoms with Gasteiger partial charge < -0.3 is 10.4 Å². The first-order valence-corrected chi connectivity index (χ1v) is 5.48. The van der Waals surface area contributed by atoms with Crippen molar-refractivity contribution >= 4 is 11.6 Å². The van der Waals surface area contributed by atoms with Crippen LogP contribution in [0.1, 0.15) is 11.3 Å². The number of hydrogen-bond donors (Lipinski definition) is 2. The SMILES string of the molecule is O=C1Nc2ccccc2C1(O)c1ncc(F)cc1F. The van der Waals surface area contributed by atoms with Gasteiger partial charge in [-0.2, -0.15) is 0 Å². The zero-order chi connectivity index (χ0) is 13.6. The van der Waals surface area contributed by atoms with Crippen LogP contribution in [0.3, 0.4) is 0 Å². The van der Waals surface area contributed by atoms with Crippen molar-refractivity contribution in [2.75, 3.05) is 5.32 Å². The Balaban J connectivity index is 2.25. The highest BCUT2D eigenvalue weighted by Crippen LogP contribution is 2.40. The summed E-state index contributed by atoms with van der Waals surface area (Å²) in [5, 5.41) is 13.0. The number of nitrogens with zero attached hydrogens (tertiary/aromatic N) is 1. The molecule has 1 aliphatic rings. The number of benzene rings is 1. The summed E-state index contributed by atoms with van der Waals surface area (Å²) in [4.78, 5) is 15.4. The molecule has 0 aliphatic carbocycles. The topological polar surface area (TPSA) is 62.2 Å². The number of nitrogens with one attached hydrogen (secondary N) is 1. The Morgan fingerprint density at radius 1 is 1.26 bits per heavy atom. The summed E-state index contributed by atoms with van der Waals surface area (Å²) in [6.45, 7) is 0. The van der Waals surface area contributed by atoms with Gasteiger partial charge in [0.05, 0.1) is 6.20 Å². The summed E-state index contributed by atoms with van der Waals surface area (Å²) in [7, 11) is 0. The van der Waals surface area contributed by atoms with Gasteiger partial charge in [0.15, 0.2) is 5.82 Å². The van der Waals surface area contributed by atoms with Crippen LogP contribution in [-0.2, 0) is 10.4 Å². The molecule has 1 amide bonds. The number of amides is 1. The van der Waals surface area contributed by atoms with E-state index in [0.717, 1.165) is 6.20 Å². The van der Waals surface area contributed by atoms with Gasteiger partial charge in [-0.15, -0.1) is 0 Å². The minimum absolute atomic E-state index is 0.193. The van der Waals surface area contributed by atoms with Crippen LogP contribution in [0.2, 0.25) is 0 Å². The summed E-state index contributed by atoms with van der Waals surface area (Å²) in [6, 6.07) is 6.91. The number of carbonyl (C=O) groups excluding carboxylic acids is 1. The Kier molecular flexibility index (Phi) is 2.36. The minimum atomic E-state index is -2.24. The molecule has 2 heterocycles. The minimum Gasteiger partial charge on any atom is -0.370 e. The van der Waals surface area contributed by atoms with Crippen molar-refractivity contribution in [1.29, 1.82) is 0 Å². The Hall–Kier alpha value is -2.34. The molecule has 1 aromatic carbocycles.